The molecule has 0 aliphatic rings. The van der Waals surface area contributed by atoms with Gasteiger partial charge in [-0.05, 0) is 42.9 Å². The summed E-state index contributed by atoms with van der Waals surface area (Å²) < 4.78 is 0. The molecule has 2 nitrogen and oxygen atoms in total. The Morgan fingerprint density at radius 2 is 0.524 bits per heavy atom. The minimum Gasteiger partial charge on any atom is -0.396 e. The van der Waals surface area contributed by atoms with E-state index in [2.05, 4.69) is 41.5 Å². The Bertz CT molecular complexity index is 583. The van der Waals surface area contributed by atoms with E-state index in [1.807, 2.05) is 13.8 Å². The van der Waals surface area contributed by atoms with Gasteiger partial charge in [0.2, 0.25) is 0 Å². The maximum atomic E-state index is 10.8. The molecular weight excluding hydrogens is 512 g/mol. The van der Waals surface area contributed by atoms with Gasteiger partial charge in [0.05, 0.1) is 5.60 Å². The van der Waals surface area contributed by atoms with Gasteiger partial charge in [-0.1, -0.05) is 202 Å². The van der Waals surface area contributed by atoms with Crippen LogP contribution in [-0.4, -0.2) is 22.4 Å². The van der Waals surface area contributed by atoms with E-state index in [-0.39, 0.29) is 16.2 Å². The van der Waals surface area contributed by atoms with Crippen LogP contribution in [0.1, 0.15) is 229 Å². The van der Waals surface area contributed by atoms with Crippen molar-refractivity contribution in [1.29, 1.82) is 0 Å². The quantitative estimate of drug-likeness (QED) is 0.0784. The molecule has 0 aromatic rings. The Labute approximate surface area is 267 Å². The molecule has 0 radical (unpaired) electrons. The number of unbranched alkanes of at least 4 members (excludes halogenated alkanes) is 25. The average molecular weight is 595 g/mol. The molecule has 0 heterocycles. The highest BCUT2D eigenvalue weighted by Gasteiger charge is 2.53. The molecule has 0 rings (SSSR count). The van der Waals surface area contributed by atoms with Gasteiger partial charge in [0.25, 0.3) is 0 Å². The molecule has 254 valence electrons. The summed E-state index contributed by atoms with van der Waals surface area (Å²) in [5, 5.41) is 19.6. The minimum absolute atomic E-state index is 0.0556. The molecule has 2 heteroatoms. The van der Waals surface area contributed by atoms with E-state index in [1.165, 1.54) is 167 Å². The van der Waals surface area contributed by atoms with Crippen LogP contribution >= 0.6 is 0 Å². The lowest BCUT2D eigenvalue weighted by Crippen LogP contribution is -2.54. The largest absolute Gasteiger partial charge is 0.396 e. The summed E-state index contributed by atoms with van der Waals surface area (Å²) in [4.78, 5) is 0. The second-order valence-corrected chi connectivity index (χ2v) is 16.4. The number of hydrogen-bond donors (Lipinski definition) is 2. The molecule has 0 bridgehead atoms. The van der Waals surface area contributed by atoms with Crippen LogP contribution in [0.3, 0.4) is 0 Å². The minimum atomic E-state index is -0.685. The van der Waals surface area contributed by atoms with E-state index in [0.717, 1.165) is 6.42 Å². The maximum Gasteiger partial charge on any atom is 0.0647 e. The molecule has 0 spiro atoms. The molecule has 0 aliphatic carbocycles. The van der Waals surface area contributed by atoms with Gasteiger partial charge in [0, 0.05) is 6.61 Å². The second-order valence-electron chi connectivity index (χ2n) is 16.4. The SMILES string of the molecule is CC(C)(O)C(C)(C)C(C)(C)C(C)(C)CCCCCCCCCCCCCCCCCCCCCCCCCCCCO. The van der Waals surface area contributed by atoms with Crippen LogP contribution in [0, 0.1) is 16.2 Å². The number of rotatable bonds is 31. The molecule has 0 aliphatic heterocycles. The molecule has 0 saturated heterocycles. The van der Waals surface area contributed by atoms with Crippen LogP contribution in [0.5, 0.6) is 0 Å². The van der Waals surface area contributed by atoms with Crippen molar-refractivity contribution in [2.24, 2.45) is 16.2 Å². The van der Waals surface area contributed by atoms with Crippen molar-refractivity contribution in [3.05, 3.63) is 0 Å². The van der Waals surface area contributed by atoms with Crippen LogP contribution in [-0.2, 0) is 0 Å². The summed E-state index contributed by atoms with van der Waals surface area (Å²) in [6, 6.07) is 0. The predicted octanol–water partition coefficient (Wildman–Crippen LogP) is 13.4. The van der Waals surface area contributed by atoms with Crippen molar-refractivity contribution >= 4 is 0 Å². The first kappa shape index (κ1) is 41.9. The lowest BCUT2D eigenvalue weighted by atomic mass is 9.49. The fourth-order valence-corrected chi connectivity index (χ4v) is 6.84. The zero-order valence-corrected chi connectivity index (χ0v) is 30.7. The Hall–Kier alpha value is -0.0800. The van der Waals surface area contributed by atoms with E-state index in [1.54, 1.807) is 0 Å². The smallest absolute Gasteiger partial charge is 0.0647 e. The van der Waals surface area contributed by atoms with Crippen molar-refractivity contribution in [1.82, 2.24) is 0 Å². The van der Waals surface area contributed by atoms with E-state index in [0.29, 0.717) is 6.61 Å². The van der Waals surface area contributed by atoms with Crippen molar-refractivity contribution in [3.63, 3.8) is 0 Å². The first-order valence-corrected chi connectivity index (χ1v) is 19.1. The highest BCUT2D eigenvalue weighted by molar-refractivity contribution is 5.03. The maximum absolute atomic E-state index is 10.8. The highest BCUT2D eigenvalue weighted by atomic mass is 16.3. The van der Waals surface area contributed by atoms with Gasteiger partial charge < -0.3 is 10.2 Å². The first-order valence-electron chi connectivity index (χ1n) is 19.1. The molecule has 0 aromatic heterocycles. The van der Waals surface area contributed by atoms with Gasteiger partial charge in [0.15, 0.2) is 0 Å². The van der Waals surface area contributed by atoms with Crippen LogP contribution < -0.4 is 0 Å². The van der Waals surface area contributed by atoms with Crippen LogP contribution in [0.2, 0.25) is 0 Å². The third-order valence-corrected chi connectivity index (χ3v) is 12.0. The number of aliphatic hydroxyl groups excluding tert-OH is 1. The molecule has 0 atom stereocenters. The van der Waals surface area contributed by atoms with Gasteiger partial charge in [-0.15, -0.1) is 0 Å². The lowest BCUT2D eigenvalue weighted by molar-refractivity contribution is -0.146. The number of hydrogen-bond acceptors (Lipinski definition) is 2. The van der Waals surface area contributed by atoms with Crippen molar-refractivity contribution < 1.29 is 10.2 Å². The molecule has 2 N–H and O–H groups in total. The van der Waals surface area contributed by atoms with Gasteiger partial charge in [-0.25, -0.2) is 0 Å². The monoisotopic (exact) mass is 595 g/mol. The Kier molecular flexibility index (Phi) is 24.1. The zero-order chi connectivity index (χ0) is 31.8. The molecular formula is C40H82O2. The lowest BCUT2D eigenvalue weighted by Gasteiger charge is -2.57. The van der Waals surface area contributed by atoms with Crippen LogP contribution in [0.4, 0.5) is 0 Å². The zero-order valence-electron chi connectivity index (χ0n) is 30.7. The summed E-state index contributed by atoms with van der Waals surface area (Å²) in [5.74, 6) is 0. The summed E-state index contributed by atoms with van der Waals surface area (Å²) in [7, 11) is 0. The normalized spacial score (nSPS) is 13.3. The third kappa shape index (κ3) is 18.7. The number of aliphatic hydroxyl groups is 2. The Morgan fingerprint density at radius 3 is 0.738 bits per heavy atom. The summed E-state index contributed by atoms with van der Waals surface area (Å²) in [5.41, 5.74) is -0.570. The first-order chi connectivity index (χ1) is 19.8. The van der Waals surface area contributed by atoms with E-state index in [4.69, 9.17) is 5.11 Å². The fourth-order valence-electron chi connectivity index (χ4n) is 6.84. The molecule has 0 unspecified atom stereocenters. The Morgan fingerprint density at radius 1 is 0.310 bits per heavy atom. The topological polar surface area (TPSA) is 40.5 Å². The molecule has 0 amide bonds. The summed E-state index contributed by atoms with van der Waals surface area (Å²) >= 11 is 0. The van der Waals surface area contributed by atoms with E-state index in [9.17, 15) is 5.11 Å². The van der Waals surface area contributed by atoms with Gasteiger partial charge >= 0.3 is 0 Å². The van der Waals surface area contributed by atoms with E-state index < -0.39 is 5.60 Å². The van der Waals surface area contributed by atoms with Gasteiger partial charge in [-0.2, -0.15) is 0 Å². The van der Waals surface area contributed by atoms with Gasteiger partial charge in [0.1, 0.15) is 0 Å². The molecule has 0 aromatic carbocycles. The van der Waals surface area contributed by atoms with Crippen molar-refractivity contribution in [3.8, 4) is 0 Å². The second kappa shape index (κ2) is 24.2. The van der Waals surface area contributed by atoms with E-state index >= 15 is 0 Å². The predicted molar refractivity (Wildman–Crippen MR) is 189 cm³/mol. The van der Waals surface area contributed by atoms with Crippen LogP contribution in [0.15, 0.2) is 0 Å². The van der Waals surface area contributed by atoms with Gasteiger partial charge in [-0.3, -0.25) is 0 Å². The van der Waals surface area contributed by atoms with Crippen molar-refractivity contribution in [2.45, 2.75) is 234 Å². The van der Waals surface area contributed by atoms with Crippen molar-refractivity contribution in [2.75, 3.05) is 6.61 Å². The Balaban J connectivity index is 3.44. The fraction of sp³-hybridized carbons (Fsp3) is 1.00. The molecule has 42 heavy (non-hydrogen) atoms. The molecule has 0 saturated carbocycles. The summed E-state index contributed by atoms with van der Waals surface area (Å²) in [6.45, 7) is 18.4. The summed E-state index contributed by atoms with van der Waals surface area (Å²) in [6.07, 6.45) is 37.6. The average Bonchev–Trinajstić information content (AvgIpc) is 2.91. The highest BCUT2D eigenvalue weighted by Crippen LogP contribution is 2.57. The third-order valence-electron chi connectivity index (χ3n) is 12.0. The standard InChI is InChI=1S/C40H82O2/c1-37(2,38(3,4)39(5,6)40(7,8)42)35-33-31-29-27-25-23-21-19-17-15-13-11-9-10-12-14-16-18-20-22-24-26-28-30-32-34-36-41/h41-42H,9-36H2,1-8H3. The molecule has 0 fully saturated rings. The van der Waals surface area contributed by atoms with Crippen LogP contribution in [0.25, 0.3) is 0 Å².